The van der Waals surface area contributed by atoms with Gasteiger partial charge in [-0.15, -0.1) is 0 Å². The van der Waals surface area contributed by atoms with Gasteiger partial charge in [0.25, 0.3) is 11.8 Å². The molecular weight excluding hydrogens is 757 g/mol. The summed E-state index contributed by atoms with van der Waals surface area (Å²) in [5, 5.41) is 13.7. The molecule has 3 aromatic rings. The van der Waals surface area contributed by atoms with E-state index in [1.807, 2.05) is 11.5 Å². The van der Waals surface area contributed by atoms with Gasteiger partial charge in [-0.25, -0.2) is 27.3 Å². The lowest BCUT2D eigenvalue weighted by Gasteiger charge is -2.52. The molecule has 57 heavy (non-hydrogen) atoms. The van der Waals surface area contributed by atoms with Crippen molar-refractivity contribution < 1.29 is 50.2 Å². The van der Waals surface area contributed by atoms with Gasteiger partial charge in [0.1, 0.15) is 11.3 Å². The van der Waals surface area contributed by atoms with Gasteiger partial charge in [0.05, 0.1) is 36.0 Å². The van der Waals surface area contributed by atoms with E-state index in [4.69, 9.17) is 4.74 Å². The third kappa shape index (κ3) is 7.62. The molecule has 2 N–H and O–H groups in total. The largest absolute Gasteiger partial charge is 0.490 e. The van der Waals surface area contributed by atoms with E-state index in [0.717, 1.165) is 12.5 Å². The van der Waals surface area contributed by atoms with Crippen molar-refractivity contribution in [3.05, 3.63) is 47.8 Å². The normalized spacial score (nSPS) is 31.7. The fraction of sp³-hybridized carbons (Fsp3) is 0.643. The first-order valence-corrected chi connectivity index (χ1v) is 20.3. The number of alkyl halides is 7. The van der Waals surface area contributed by atoms with Crippen LogP contribution in [0.4, 0.5) is 30.7 Å². The lowest BCUT2D eigenvalue weighted by molar-refractivity contribution is -0.155. The Hall–Kier alpha value is -3.88. The summed E-state index contributed by atoms with van der Waals surface area (Å²) in [6.45, 7) is 3.30. The molecule has 3 heterocycles. The molecule has 5 aliphatic rings. The van der Waals surface area contributed by atoms with Crippen LogP contribution >= 0.6 is 0 Å². The van der Waals surface area contributed by atoms with Gasteiger partial charge in [-0.3, -0.25) is 9.69 Å². The van der Waals surface area contributed by atoms with Gasteiger partial charge in [-0.2, -0.15) is 13.2 Å². The van der Waals surface area contributed by atoms with Crippen LogP contribution in [0.2, 0.25) is 0 Å². The Balaban J connectivity index is 1.10. The van der Waals surface area contributed by atoms with Crippen molar-refractivity contribution in [2.75, 3.05) is 13.1 Å². The summed E-state index contributed by atoms with van der Waals surface area (Å²) in [6.07, 6.45) is 1.30. The quantitative estimate of drug-likeness (QED) is 0.220. The van der Waals surface area contributed by atoms with Crippen molar-refractivity contribution in [3.8, 4) is 17.0 Å². The van der Waals surface area contributed by atoms with Gasteiger partial charge in [0.15, 0.2) is 5.69 Å². The summed E-state index contributed by atoms with van der Waals surface area (Å²) >= 11 is 0. The average Bonchev–Trinajstić information content (AvgIpc) is 3.50. The summed E-state index contributed by atoms with van der Waals surface area (Å²) in [4.78, 5) is 32.7. The topological polar surface area (TPSA) is 96.7 Å². The number of hydrogen-bond acceptors (Lipinski definition) is 5. The van der Waals surface area contributed by atoms with Crippen LogP contribution in [0.15, 0.2) is 36.5 Å². The van der Waals surface area contributed by atoms with Crippen LogP contribution in [0.5, 0.6) is 5.75 Å². The van der Waals surface area contributed by atoms with Crippen molar-refractivity contribution in [1.82, 2.24) is 19.8 Å². The molecule has 1 aliphatic heterocycles. The maximum absolute atomic E-state index is 14.9. The molecule has 5 unspecified atom stereocenters. The van der Waals surface area contributed by atoms with Crippen molar-refractivity contribution in [2.45, 2.75) is 133 Å². The fourth-order valence-electron chi connectivity index (χ4n) is 11.0. The standard InChI is InChI=1S/C42H49F7N4O4/c1-23-15-25-17-24(2)41(38(55)56,26(16-23)18-25)51-37(54)32-9-10-34(50-36(32)42(47,48)49)33-20-53(28-11-13-39(43,44)14-12-28)35-19-30(7-8-31(33)35)57-29-5-3-27(4-6-29)52-21-40(45,46)22-52/h7-10,19-20,23-29H,3-6,11-18,21-22H2,1-2H3,(H,51,54)(H,55,56)/t23?,24?,25?,26?,27-,29+,41?. The third-order valence-electron chi connectivity index (χ3n) is 13.7. The lowest BCUT2D eigenvalue weighted by Crippen LogP contribution is -2.66. The van der Waals surface area contributed by atoms with Crippen molar-refractivity contribution in [3.63, 3.8) is 0 Å². The summed E-state index contributed by atoms with van der Waals surface area (Å²) < 4.78 is 108. The summed E-state index contributed by atoms with van der Waals surface area (Å²) in [5.41, 5.74) is -3.18. The number of likely N-dealkylation sites (tertiary alicyclic amines) is 1. The molecule has 5 atom stereocenters. The first kappa shape index (κ1) is 39.9. The second-order valence-electron chi connectivity index (χ2n) is 17.8. The molecule has 4 saturated carbocycles. The molecule has 8 nitrogen and oxygen atoms in total. The van der Waals surface area contributed by atoms with E-state index in [1.54, 1.807) is 36.2 Å². The molecule has 5 fully saturated rings. The van der Waals surface area contributed by atoms with E-state index in [1.165, 1.54) is 6.07 Å². The zero-order valence-electron chi connectivity index (χ0n) is 32.1. The molecule has 0 radical (unpaired) electrons. The Bertz CT molecular complexity index is 2010. The molecule has 2 bridgehead atoms. The highest BCUT2D eigenvalue weighted by Crippen LogP contribution is 2.51. The summed E-state index contributed by atoms with van der Waals surface area (Å²) in [5.74, 6) is -7.81. The fourth-order valence-corrected chi connectivity index (χ4v) is 11.0. The smallest absolute Gasteiger partial charge is 0.434 e. The SMILES string of the molecule is CC1CC2CC(C)C(NC(=O)c3ccc(-c4cn(C5CCC(F)(F)CC5)c5cc(O[C@H]6CC[C@@H](N7CC(F)(F)C7)CC6)ccc45)nc3C(F)(F)F)(C(=O)O)C(C1)C2. The minimum absolute atomic E-state index is 0.0697. The number of carbonyl (C=O) groups excluding carboxylic acids is 1. The first-order chi connectivity index (χ1) is 26.8. The summed E-state index contributed by atoms with van der Waals surface area (Å²) in [7, 11) is 0. The Kier molecular flexibility index (Phi) is 10.1. The van der Waals surface area contributed by atoms with Crippen LogP contribution in [0.3, 0.4) is 0 Å². The minimum Gasteiger partial charge on any atom is -0.490 e. The van der Waals surface area contributed by atoms with Crippen LogP contribution in [-0.2, 0) is 11.0 Å². The molecular formula is C42H49F7N4O4. The van der Waals surface area contributed by atoms with Crippen LogP contribution < -0.4 is 10.1 Å². The molecule has 15 heteroatoms. The number of carboxylic acid groups (broad SMARTS) is 1. The number of nitrogens with one attached hydrogen (secondary N) is 1. The number of aliphatic carboxylic acids is 1. The van der Waals surface area contributed by atoms with Gasteiger partial charge in [-0.1, -0.05) is 13.8 Å². The number of hydrogen-bond donors (Lipinski definition) is 2. The molecule has 1 saturated heterocycles. The van der Waals surface area contributed by atoms with Gasteiger partial charge < -0.3 is 19.7 Å². The number of ether oxygens (including phenoxy) is 1. The number of rotatable bonds is 8. The third-order valence-corrected chi connectivity index (χ3v) is 13.7. The highest BCUT2D eigenvalue weighted by atomic mass is 19.4. The molecule has 1 amide bonds. The highest BCUT2D eigenvalue weighted by Gasteiger charge is 2.57. The van der Waals surface area contributed by atoms with Gasteiger partial charge >= 0.3 is 12.1 Å². The predicted molar refractivity (Wildman–Crippen MR) is 197 cm³/mol. The molecule has 8 rings (SSSR count). The predicted octanol–water partition coefficient (Wildman–Crippen LogP) is 9.76. The minimum atomic E-state index is -5.08. The van der Waals surface area contributed by atoms with E-state index in [-0.39, 0.29) is 74.5 Å². The molecule has 2 aromatic heterocycles. The number of halogens is 7. The molecule has 4 aliphatic carbocycles. The molecule has 1 aromatic carbocycles. The number of carbonyl (C=O) groups is 2. The Labute approximate surface area is 326 Å². The first-order valence-electron chi connectivity index (χ1n) is 20.3. The number of fused-ring (bicyclic) bond motifs is 3. The Morgan fingerprint density at radius 1 is 0.877 bits per heavy atom. The summed E-state index contributed by atoms with van der Waals surface area (Å²) in [6, 6.07) is 7.21. The molecule has 310 valence electrons. The van der Waals surface area contributed by atoms with Crippen molar-refractivity contribution >= 4 is 22.8 Å². The van der Waals surface area contributed by atoms with E-state index in [9.17, 15) is 45.4 Å². The highest BCUT2D eigenvalue weighted by molar-refractivity contribution is 6.00. The van der Waals surface area contributed by atoms with Crippen molar-refractivity contribution in [2.24, 2.45) is 23.7 Å². The van der Waals surface area contributed by atoms with Crippen LogP contribution in [0, 0.1) is 23.7 Å². The number of nitrogens with zero attached hydrogens (tertiary/aromatic N) is 3. The van der Waals surface area contributed by atoms with E-state index < -0.39 is 58.5 Å². The van der Waals surface area contributed by atoms with E-state index in [0.29, 0.717) is 67.2 Å². The van der Waals surface area contributed by atoms with Crippen LogP contribution in [0.25, 0.3) is 22.2 Å². The van der Waals surface area contributed by atoms with E-state index >= 15 is 0 Å². The van der Waals surface area contributed by atoms with Gasteiger partial charge in [0, 0.05) is 48.1 Å². The number of benzene rings is 1. The maximum Gasteiger partial charge on any atom is 0.434 e. The Morgan fingerprint density at radius 2 is 1.58 bits per heavy atom. The zero-order chi connectivity index (χ0) is 40.7. The number of carboxylic acids is 1. The number of pyridine rings is 1. The lowest BCUT2D eigenvalue weighted by atomic mass is 9.56. The van der Waals surface area contributed by atoms with Gasteiger partial charge in [0.2, 0.25) is 5.92 Å². The van der Waals surface area contributed by atoms with Crippen LogP contribution in [-0.4, -0.2) is 74.1 Å². The second-order valence-corrected chi connectivity index (χ2v) is 17.8. The van der Waals surface area contributed by atoms with Crippen molar-refractivity contribution in [1.29, 1.82) is 0 Å². The van der Waals surface area contributed by atoms with Gasteiger partial charge in [-0.05, 0) is 112 Å². The maximum atomic E-state index is 14.9. The average molecular weight is 807 g/mol. The number of amides is 1. The Morgan fingerprint density at radius 3 is 2.23 bits per heavy atom. The zero-order valence-corrected chi connectivity index (χ0v) is 32.1. The second kappa shape index (κ2) is 14.4. The monoisotopic (exact) mass is 806 g/mol. The van der Waals surface area contributed by atoms with Crippen LogP contribution in [0.1, 0.15) is 113 Å². The number of aromatic nitrogens is 2. The van der Waals surface area contributed by atoms with E-state index in [2.05, 4.69) is 10.3 Å². The molecule has 0 spiro atoms.